The summed E-state index contributed by atoms with van der Waals surface area (Å²) in [6.45, 7) is 2.77. The second-order valence-electron chi connectivity index (χ2n) is 3.94. The first kappa shape index (κ1) is 12.7. The van der Waals surface area contributed by atoms with Gasteiger partial charge in [0.05, 0.1) is 12.3 Å². The fourth-order valence-corrected chi connectivity index (χ4v) is 1.73. The third kappa shape index (κ3) is 2.43. The van der Waals surface area contributed by atoms with E-state index in [1.807, 2.05) is 25.9 Å². The van der Waals surface area contributed by atoms with Crippen molar-refractivity contribution >= 4 is 0 Å². The Morgan fingerprint density at radius 3 is 2.50 bits per heavy atom. The predicted octanol–water partition coefficient (Wildman–Crippen LogP) is 0.128. The lowest BCUT2D eigenvalue weighted by molar-refractivity contribution is 0.265. The van der Waals surface area contributed by atoms with Crippen LogP contribution in [0.25, 0.3) is 0 Å². The summed E-state index contributed by atoms with van der Waals surface area (Å²) in [7, 11) is 3.71. The van der Waals surface area contributed by atoms with Gasteiger partial charge in [0, 0.05) is 24.8 Å². The monoisotopic (exact) mass is 226 g/mol. The van der Waals surface area contributed by atoms with E-state index in [0.717, 1.165) is 0 Å². The van der Waals surface area contributed by atoms with Gasteiger partial charge in [-0.3, -0.25) is 4.79 Å². The smallest absolute Gasteiger partial charge is 0.223 e. The third-order valence-electron chi connectivity index (χ3n) is 2.42. The number of aromatic hydroxyl groups is 1. The molecule has 16 heavy (non-hydrogen) atoms. The van der Waals surface area contributed by atoms with Crippen LogP contribution in [0.5, 0.6) is 5.75 Å². The van der Waals surface area contributed by atoms with Crippen LogP contribution in [0.15, 0.2) is 10.9 Å². The van der Waals surface area contributed by atoms with E-state index in [1.165, 1.54) is 6.07 Å². The normalized spacial score (nSPS) is 11.1. The molecule has 1 aromatic rings. The minimum Gasteiger partial charge on any atom is -0.503 e. The predicted molar refractivity (Wildman–Crippen MR) is 61.4 cm³/mol. The molecule has 0 bridgehead atoms. The van der Waals surface area contributed by atoms with Crippen LogP contribution in [-0.4, -0.2) is 33.8 Å². The molecule has 0 aliphatic rings. The van der Waals surface area contributed by atoms with E-state index < -0.39 is 5.43 Å². The van der Waals surface area contributed by atoms with Crippen LogP contribution in [-0.2, 0) is 19.7 Å². The molecule has 0 spiro atoms. The van der Waals surface area contributed by atoms with Crippen molar-refractivity contribution in [1.29, 1.82) is 0 Å². The van der Waals surface area contributed by atoms with E-state index in [0.29, 0.717) is 24.5 Å². The summed E-state index contributed by atoms with van der Waals surface area (Å²) in [5.74, 6) is -0.229. The Hall–Kier alpha value is -1.33. The molecule has 0 saturated heterocycles. The van der Waals surface area contributed by atoms with Crippen molar-refractivity contribution in [2.75, 3.05) is 14.1 Å². The minimum atomic E-state index is -0.439. The molecule has 0 atom stereocenters. The van der Waals surface area contributed by atoms with Gasteiger partial charge in [0.15, 0.2) is 5.75 Å². The Kier molecular flexibility index (Phi) is 4.09. The zero-order valence-corrected chi connectivity index (χ0v) is 9.90. The zero-order valence-electron chi connectivity index (χ0n) is 9.90. The Bertz CT molecular complexity index is 424. The SMILES string of the molecule is CCn1c(CO)cc(=O)c(O)c1CN(C)C. The maximum Gasteiger partial charge on any atom is 0.223 e. The number of hydrogen-bond acceptors (Lipinski definition) is 4. The molecule has 1 aromatic heterocycles. The number of aliphatic hydroxyl groups excluding tert-OH is 1. The van der Waals surface area contributed by atoms with Crippen molar-refractivity contribution in [2.24, 2.45) is 0 Å². The van der Waals surface area contributed by atoms with E-state index in [9.17, 15) is 9.90 Å². The highest BCUT2D eigenvalue weighted by molar-refractivity contribution is 5.30. The number of pyridine rings is 1. The third-order valence-corrected chi connectivity index (χ3v) is 2.42. The lowest BCUT2D eigenvalue weighted by Gasteiger charge is -2.19. The second-order valence-corrected chi connectivity index (χ2v) is 3.94. The average Bonchev–Trinajstić information content (AvgIpc) is 2.23. The van der Waals surface area contributed by atoms with E-state index in [1.54, 1.807) is 4.57 Å². The summed E-state index contributed by atoms with van der Waals surface area (Å²) in [4.78, 5) is 13.3. The second kappa shape index (κ2) is 5.14. The van der Waals surface area contributed by atoms with Gasteiger partial charge in [-0.15, -0.1) is 0 Å². The van der Waals surface area contributed by atoms with Crippen molar-refractivity contribution < 1.29 is 10.2 Å². The highest BCUT2D eigenvalue weighted by Crippen LogP contribution is 2.16. The van der Waals surface area contributed by atoms with Crippen molar-refractivity contribution in [1.82, 2.24) is 9.47 Å². The maximum atomic E-state index is 11.5. The summed E-state index contributed by atoms with van der Waals surface area (Å²) in [5.41, 5.74) is 0.636. The standard InChI is InChI=1S/C11H18N2O3/c1-4-13-8(7-14)5-10(15)11(16)9(13)6-12(2)3/h5,14,16H,4,6-7H2,1-3H3. The van der Waals surface area contributed by atoms with Crippen LogP contribution in [0, 0.1) is 0 Å². The molecule has 1 heterocycles. The average molecular weight is 226 g/mol. The van der Waals surface area contributed by atoms with Gasteiger partial charge in [-0.2, -0.15) is 0 Å². The van der Waals surface area contributed by atoms with Gasteiger partial charge in [-0.05, 0) is 21.0 Å². The van der Waals surface area contributed by atoms with Crippen molar-refractivity contribution in [2.45, 2.75) is 26.6 Å². The number of aromatic nitrogens is 1. The van der Waals surface area contributed by atoms with Crippen LogP contribution >= 0.6 is 0 Å². The van der Waals surface area contributed by atoms with Gasteiger partial charge >= 0.3 is 0 Å². The summed E-state index contributed by atoms with van der Waals surface area (Å²) >= 11 is 0. The van der Waals surface area contributed by atoms with E-state index in [2.05, 4.69) is 0 Å². The first-order valence-electron chi connectivity index (χ1n) is 5.21. The molecule has 5 nitrogen and oxygen atoms in total. The van der Waals surface area contributed by atoms with Gasteiger partial charge in [-0.25, -0.2) is 0 Å². The highest BCUT2D eigenvalue weighted by atomic mass is 16.3. The first-order chi connectivity index (χ1) is 7.51. The molecule has 0 aromatic carbocycles. The number of rotatable bonds is 4. The number of hydrogen-bond donors (Lipinski definition) is 2. The van der Waals surface area contributed by atoms with Gasteiger partial charge in [0.1, 0.15) is 0 Å². The molecule has 0 aliphatic carbocycles. The molecule has 2 N–H and O–H groups in total. The number of aliphatic hydroxyl groups is 1. The van der Waals surface area contributed by atoms with E-state index in [-0.39, 0.29) is 12.4 Å². The molecule has 0 amide bonds. The summed E-state index contributed by atoms with van der Waals surface area (Å²) in [5, 5.41) is 18.9. The van der Waals surface area contributed by atoms with Crippen molar-refractivity contribution in [3.63, 3.8) is 0 Å². The van der Waals surface area contributed by atoms with Crippen LogP contribution in [0.1, 0.15) is 18.3 Å². The van der Waals surface area contributed by atoms with Crippen LogP contribution < -0.4 is 5.43 Å². The van der Waals surface area contributed by atoms with Gasteiger partial charge in [0.2, 0.25) is 5.43 Å². The Morgan fingerprint density at radius 1 is 1.44 bits per heavy atom. The summed E-state index contributed by atoms with van der Waals surface area (Å²) in [6.07, 6.45) is 0. The summed E-state index contributed by atoms with van der Waals surface area (Å²) < 4.78 is 1.76. The van der Waals surface area contributed by atoms with Gasteiger partial charge < -0.3 is 19.7 Å². The molecule has 0 aliphatic heterocycles. The molecule has 0 saturated carbocycles. The molecular formula is C11H18N2O3. The Morgan fingerprint density at radius 2 is 2.06 bits per heavy atom. The molecule has 0 radical (unpaired) electrons. The fourth-order valence-electron chi connectivity index (χ4n) is 1.73. The summed E-state index contributed by atoms with van der Waals surface area (Å²) in [6, 6.07) is 1.28. The van der Waals surface area contributed by atoms with Crippen LogP contribution in [0.4, 0.5) is 0 Å². The van der Waals surface area contributed by atoms with Gasteiger partial charge in [0.25, 0.3) is 0 Å². The molecule has 5 heteroatoms. The lowest BCUT2D eigenvalue weighted by Crippen LogP contribution is -2.22. The molecule has 0 unspecified atom stereocenters. The van der Waals surface area contributed by atoms with Crippen LogP contribution in [0.3, 0.4) is 0 Å². The quantitative estimate of drug-likeness (QED) is 0.765. The Labute approximate surface area is 94.6 Å². The van der Waals surface area contributed by atoms with Crippen molar-refractivity contribution in [3.8, 4) is 5.75 Å². The fraction of sp³-hybridized carbons (Fsp3) is 0.545. The lowest BCUT2D eigenvalue weighted by atomic mass is 10.2. The molecular weight excluding hydrogens is 208 g/mol. The van der Waals surface area contributed by atoms with Crippen molar-refractivity contribution in [3.05, 3.63) is 27.7 Å². The highest BCUT2D eigenvalue weighted by Gasteiger charge is 2.13. The maximum absolute atomic E-state index is 11.5. The topological polar surface area (TPSA) is 65.7 Å². The first-order valence-corrected chi connectivity index (χ1v) is 5.21. The van der Waals surface area contributed by atoms with E-state index >= 15 is 0 Å². The minimum absolute atomic E-state index is 0.205. The molecule has 1 rings (SSSR count). The van der Waals surface area contributed by atoms with E-state index in [4.69, 9.17) is 5.11 Å². The largest absolute Gasteiger partial charge is 0.503 e. The Balaban J connectivity index is 3.40. The molecule has 90 valence electrons. The number of nitrogens with zero attached hydrogens (tertiary/aromatic N) is 2. The van der Waals surface area contributed by atoms with Crippen LogP contribution in [0.2, 0.25) is 0 Å². The zero-order chi connectivity index (χ0) is 12.3. The molecule has 0 fully saturated rings. The van der Waals surface area contributed by atoms with Gasteiger partial charge in [-0.1, -0.05) is 0 Å².